The number of rotatable bonds is 0. The average molecular weight is 133 g/mol. The van der Waals surface area contributed by atoms with Gasteiger partial charge < -0.3 is 0 Å². The molecule has 2 aliphatic rings. The summed E-state index contributed by atoms with van der Waals surface area (Å²) in [5.41, 5.74) is 2.75. The van der Waals surface area contributed by atoms with Gasteiger partial charge in [-0.25, -0.2) is 0 Å². The predicted octanol–water partition coefficient (Wildman–Crippen LogP) is 2.31. The van der Waals surface area contributed by atoms with Crippen LogP contribution in [0.1, 0.15) is 19.8 Å². The highest BCUT2D eigenvalue weighted by molar-refractivity contribution is 5.69. The predicted molar refractivity (Wildman–Crippen MR) is 43.1 cm³/mol. The van der Waals surface area contributed by atoms with Gasteiger partial charge in [0.25, 0.3) is 0 Å². The van der Waals surface area contributed by atoms with E-state index in [1.807, 2.05) is 6.21 Å². The molecule has 0 amide bonds. The van der Waals surface area contributed by atoms with E-state index in [1.54, 1.807) is 0 Å². The number of hydrogen-bond acceptors (Lipinski definition) is 1. The van der Waals surface area contributed by atoms with E-state index in [4.69, 9.17) is 0 Å². The van der Waals surface area contributed by atoms with E-state index in [2.05, 4.69) is 24.1 Å². The minimum Gasteiger partial charge on any atom is -0.265 e. The van der Waals surface area contributed by atoms with Crippen molar-refractivity contribution in [2.24, 2.45) is 10.9 Å². The van der Waals surface area contributed by atoms with Crippen molar-refractivity contribution in [2.75, 3.05) is 0 Å². The Morgan fingerprint density at radius 2 is 2.50 bits per heavy atom. The van der Waals surface area contributed by atoms with Crippen LogP contribution >= 0.6 is 0 Å². The second-order valence-corrected chi connectivity index (χ2v) is 2.97. The Labute approximate surface area is 61.2 Å². The monoisotopic (exact) mass is 133 g/mol. The zero-order chi connectivity index (χ0) is 6.97. The molecule has 0 bridgehead atoms. The Morgan fingerprint density at radius 1 is 1.60 bits per heavy atom. The molecular formula is C9H11N. The van der Waals surface area contributed by atoms with Crippen LogP contribution in [0.4, 0.5) is 0 Å². The van der Waals surface area contributed by atoms with Crippen LogP contribution in [-0.4, -0.2) is 6.21 Å². The first kappa shape index (κ1) is 5.90. The van der Waals surface area contributed by atoms with E-state index in [9.17, 15) is 0 Å². The molecule has 1 unspecified atom stereocenters. The molecule has 2 rings (SSSR count). The third-order valence-corrected chi connectivity index (χ3v) is 2.15. The Bertz CT molecular complexity index is 233. The molecule has 0 fully saturated rings. The van der Waals surface area contributed by atoms with Gasteiger partial charge in [-0.2, -0.15) is 0 Å². The van der Waals surface area contributed by atoms with Gasteiger partial charge in [-0.3, -0.25) is 4.99 Å². The summed E-state index contributed by atoms with van der Waals surface area (Å²) < 4.78 is 0. The first-order chi connectivity index (χ1) is 4.88. The topological polar surface area (TPSA) is 12.4 Å². The molecule has 1 atom stereocenters. The summed E-state index contributed by atoms with van der Waals surface area (Å²) in [5, 5.41) is 0. The first-order valence-electron chi connectivity index (χ1n) is 3.80. The van der Waals surface area contributed by atoms with E-state index in [0.717, 1.165) is 12.8 Å². The highest BCUT2D eigenvalue weighted by Gasteiger charge is 2.17. The van der Waals surface area contributed by atoms with Crippen molar-refractivity contribution >= 4 is 6.21 Å². The lowest BCUT2D eigenvalue weighted by molar-refractivity contribution is 0.674. The van der Waals surface area contributed by atoms with Gasteiger partial charge in [0.2, 0.25) is 0 Å². The lowest BCUT2D eigenvalue weighted by atomic mass is 9.94. The van der Waals surface area contributed by atoms with Gasteiger partial charge in [0.15, 0.2) is 0 Å². The summed E-state index contributed by atoms with van der Waals surface area (Å²) in [6.45, 7) is 2.24. The average Bonchev–Trinajstić information content (AvgIpc) is 2.36. The molecule has 0 spiro atoms. The normalized spacial score (nSPS) is 29.5. The van der Waals surface area contributed by atoms with E-state index >= 15 is 0 Å². The van der Waals surface area contributed by atoms with Gasteiger partial charge in [-0.1, -0.05) is 19.1 Å². The fourth-order valence-corrected chi connectivity index (χ4v) is 1.55. The summed E-state index contributed by atoms with van der Waals surface area (Å²) in [7, 11) is 0. The van der Waals surface area contributed by atoms with Crippen LogP contribution in [0.2, 0.25) is 0 Å². The fraction of sp³-hybridized carbons (Fsp3) is 0.444. The molecule has 1 nitrogen and oxygen atoms in total. The zero-order valence-corrected chi connectivity index (χ0v) is 6.17. The number of aliphatic imine (C=N–C) groups is 1. The SMILES string of the molecule is CC1CC=CC2=C1N=CC2. The maximum absolute atomic E-state index is 4.34. The van der Waals surface area contributed by atoms with Gasteiger partial charge in [0, 0.05) is 24.3 Å². The smallest absolute Gasteiger partial charge is 0.0466 e. The first-order valence-corrected chi connectivity index (χ1v) is 3.80. The molecule has 52 valence electrons. The molecule has 1 aliphatic heterocycles. The quantitative estimate of drug-likeness (QED) is 0.481. The zero-order valence-electron chi connectivity index (χ0n) is 6.17. The Balaban J connectivity index is 2.37. The van der Waals surface area contributed by atoms with E-state index < -0.39 is 0 Å². The van der Waals surface area contributed by atoms with Crippen molar-refractivity contribution in [3.05, 3.63) is 23.4 Å². The van der Waals surface area contributed by atoms with Gasteiger partial charge in [0.1, 0.15) is 0 Å². The van der Waals surface area contributed by atoms with Crippen molar-refractivity contribution in [1.29, 1.82) is 0 Å². The highest BCUT2D eigenvalue weighted by Crippen LogP contribution is 2.30. The molecule has 0 saturated carbocycles. The highest BCUT2D eigenvalue weighted by atomic mass is 14.8. The maximum atomic E-state index is 4.34. The van der Waals surface area contributed by atoms with Crippen LogP contribution in [0.3, 0.4) is 0 Å². The fourth-order valence-electron chi connectivity index (χ4n) is 1.55. The molecule has 1 heterocycles. The maximum Gasteiger partial charge on any atom is 0.0466 e. The Hall–Kier alpha value is -0.850. The van der Waals surface area contributed by atoms with Crippen LogP contribution in [0, 0.1) is 5.92 Å². The standard InChI is InChI=1S/C9H11N/c1-7-3-2-4-8-5-6-10-9(7)8/h2,4,6-7H,3,5H2,1H3. The molecule has 10 heavy (non-hydrogen) atoms. The minimum absolute atomic E-state index is 0.652. The van der Waals surface area contributed by atoms with E-state index in [0.29, 0.717) is 5.92 Å². The minimum atomic E-state index is 0.652. The molecule has 0 N–H and O–H groups in total. The van der Waals surface area contributed by atoms with Crippen LogP contribution in [0.5, 0.6) is 0 Å². The third kappa shape index (κ3) is 0.737. The molecule has 0 radical (unpaired) electrons. The molecule has 1 heteroatoms. The summed E-state index contributed by atoms with van der Waals surface area (Å²) in [5.74, 6) is 0.652. The van der Waals surface area contributed by atoms with E-state index in [-0.39, 0.29) is 0 Å². The van der Waals surface area contributed by atoms with Gasteiger partial charge >= 0.3 is 0 Å². The Kier molecular flexibility index (Phi) is 1.23. The van der Waals surface area contributed by atoms with Crippen molar-refractivity contribution in [3.63, 3.8) is 0 Å². The number of hydrogen-bond donors (Lipinski definition) is 0. The van der Waals surface area contributed by atoms with E-state index in [1.165, 1.54) is 11.3 Å². The molecule has 0 aromatic carbocycles. The summed E-state index contributed by atoms with van der Waals surface area (Å²) in [6.07, 6.45) is 8.68. The van der Waals surface area contributed by atoms with Crippen molar-refractivity contribution < 1.29 is 0 Å². The van der Waals surface area contributed by atoms with Crippen molar-refractivity contribution in [2.45, 2.75) is 19.8 Å². The second-order valence-electron chi connectivity index (χ2n) is 2.97. The molecule has 1 aliphatic carbocycles. The lowest BCUT2D eigenvalue weighted by Crippen LogP contribution is -2.00. The lowest BCUT2D eigenvalue weighted by Gasteiger charge is -2.13. The van der Waals surface area contributed by atoms with Crippen molar-refractivity contribution in [1.82, 2.24) is 0 Å². The largest absolute Gasteiger partial charge is 0.265 e. The van der Waals surface area contributed by atoms with Crippen LogP contribution in [0.25, 0.3) is 0 Å². The summed E-state index contributed by atoms with van der Waals surface area (Å²) >= 11 is 0. The summed E-state index contributed by atoms with van der Waals surface area (Å²) in [6, 6.07) is 0. The molecule has 0 aromatic rings. The van der Waals surface area contributed by atoms with Crippen LogP contribution in [0.15, 0.2) is 28.4 Å². The van der Waals surface area contributed by atoms with Gasteiger partial charge in [-0.05, 0) is 12.0 Å². The third-order valence-electron chi connectivity index (χ3n) is 2.15. The molecular weight excluding hydrogens is 122 g/mol. The van der Waals surface area contributed by atoms with Gasteiger partial charge in [-0.15, -0.1) is 0 Å². The van der Waals surface area contributed by atoms with Gasteiger partial charge in [0.05, 0.1) is 0 Å². The van der Waals surface area contributed by atoms with Crippen molar-refractivity contribution in [3.8, 4) is 0 Å². The van der Waals surface area contributed by atoms with Crippen LogP contribution in [-0.2, 0) is 0 Å². The Morgan fingerprint density at radius 3 is 3.30 bits per heavy atom. The molecule has 0 saturated heterocycles. The number of nitrogens with zero attached hydrogens (tertiary/aromatic N) is 1. The summed E-state index contributed by atoms with van der Waals surface area (Å²) in [4.78, 5) is 4.34. The second kappa shape index (κ2) is 2.08. The number of allylic oxidation sites excluding steroid dienone is 4. The van der Waals surface area contributed by atoms with Crippen LogP contribution < -0.4 is 0 Å². The molecule has 0 aromatic heterocycles.